The van der Waals surface area contributed by atoms with Crippen LogP contribution >= 0.6 is 0 Å². The summed E-state index contributed by atoms with van der Waals surface area (Å²) in [7, 11) is 3.12. The van der Waals surface area contributed by atoms with Crippen LogP contribution in [0.1, 0.15) is 31.2 Å². The highest BCUT2D eigenvalue weighted by atomic mass is 16.7. The molecule has 6 heteroatoms. The Labute approximate surface area is 149 Å². The van der Waals surface area contributed by atoms with E-state index in [1.807, 2.05) is 30.3 Å². The average molecular weight is 349 g/mol. The number of carbonyl (C=O) groups excluding carboxylic acids is 2. The lowest BCUT2D eigenvalue weighted by Crippen LogP contribution is -2.42. The number of piperidine rings is 1. The van der Waals surface area contributed by atoms with Gasteiger partial charge >= 0.3 is 6.09 Å². The quantitative estimate of drug-likeness (QED) is 0.675. The van der Waals surface area contributed by atoms with Crippen LogP contribution in [0.5, 0.6) is 0 Å². The summed E-state index contributed by atoms with van der Waals surface area (Å²) < 4.78 is 15.6. The lowest BCUT2D eigenvalue weighted by molar-refractivity contribution is -0.131. The molecule has 0 radical (unpaired) electrons. The number of methoxy groups -OCH3 is 2. The second-order valence-electron chi connectivity index (χ2n) is 6.23. The van der Waals surface area contributed by atoms with Crippen LogP contribution in [-0.4, -0.2) is 50.4 Å². The first-order valence-electron chi connectivity index (χ1n) is 8.68. The van der Waals surface area contributed by atoms with Crippen LogP contribution in [0.4, 0.5) is 4.79 Å². The Bertz CT molecular complexity index is 544. The van der Waals surface area contributed by atoms with Crippen molar-refractivity contribution in [2.24, 2.45) is 5.92 Å². The standard InChI is InChI=1S/C19H27NO5/c1-23-18(24-2)11-10-17(21)16-9-6-12-20(13-16)19(22)25-14-15-7-4-3-5-8-15/h3-5,7-8,16,18H,6,9-14H2,1-2H3. The maximum Gasteiger partial charge on any atom is 0.410 e. The van der Waals surface area contributed by atoms with Gasteiger partial charge in [-0.15, -0.1) is 0 Å². The van der Waals surface area contributed by atoms with Crippen molar-refractivity contribution in [3.63, 3.8) is 0 Å². The van der Waals surface area contributed by atoms with Gasteiger partial charge in [-0.05, 0) is 18.4 Å². The first kappa shape index (κ1) is 19.4. The number of hydrogen-bond donors (Lipinski definition) is 0. The predicted molar refractivity (Wildman–Crippen MR) is 93.0 cm³/mol. The molecule has 1 amide bonds. The molecule has 1 atom stereocenters. The van der Waals surface area contributed by atoms with Crippen LogP contribution in [0.3, 0.4) is 0 Å². The van der Waals surface area contributed by atoms with E-state index in [-0.39, 0.29) is 30.7 Å². The molecule has 1 aromatic carbocycles. The molecule has 0 N–H and O–H groups in total. The number of hydrogen-bond acceptors (Lipinski definition) is 5. The van der Waals surface area contributed by atoms with Crippen molar-refractivity contribution in [1.29, 1.82) is 0 Å². The number of ketones is 1. The summed E-state index contributed by atoms with van der Waals surface area (Å²) in [5.41, 5.74) is 0.950. The molecule has 2 rings (SSSR count). The maximum atomic E-state index is 12.4. The van der Waals surface area contributed by atoms with Gasteiger partial charge in [0.25, 0.3) is 0 Å². The minimum absolute atomic E-state index is 0.132. The van der Waals surface area contributed by atoms with Crippen LogP contribution in [-0.2, 0) is 25.6 Å². The number of ether oxygens (including phenoxy) is 3. The van der Waals surface area contributed by atoms with Gasteiger partial charge in [-0.2, -0.15) is 0 Å². The van der Waals surface area contributed by atoms with E-state index >= 15 is 0 Å². The Morgan fingerprint density at radius 1 is 1.20 bits per heavy atom. The molecule has 0 aliphatic carbocycles. The summed E-state index contributed by atoms with van der Waals surface area (Å²) in [5, 5.41) is 0. The first-order valence-corrected chi connectivity index (χ1v) is 8.68. The molecule has 1 aliphatic heterocycles. The fourth-order valence-corrected chi connectivity index (χ4v) is 3.01. The van der Waals surface area contributed by atoms with Crippen LogP contribution in [0.25, 0.3) is 0 Å². The Hall–Kier alpha value is -1.92. The summed E-state index contributed by atoms with van der Waals surface area (Å²) in [6.07, 6.45) is 1.83. The minimum atomic E-state index is -0.362. The summed E-state index contributed by atoms with van der Waals surface area (Å²) in [6.45, 7) is 1.31. The summed E-state index contributed by atoms with van der Waals surface area (Å²) in [5.74, 6) is 0.0204. The molecule has 1 saturated heterocycles. The maximum absolute atomic E-state index is 12.4. The lowest BCUT2D eigenvalue weighted by Gasteiger charge is -2.31. The molecule has 0 saturated carbocycles. The van der Waals surface area contributed by atoms with Crippen molar-refractivity contribution in [2.75, 3.05) is 27.3 Å². The molecule has 1 fully saturated rings. The molecule has 25 heavy (non-hydrogen) atoms. The van der Waals surface area contributed by atoms with Gasteiger partial charge in [-0.25, -0.2) is 4.79 Å². The van der Waals surface area contributed by atoms with Crippen LogP contribution in [0.2, 0.25) is 0 Å². The van der Waals surface area contributed by atoms with Crippen molar-refractivity contribution < 1.29 is 23.8 Å². The number of benzene rings is 1. The Balaban J connectivity index is 1.79. The highest BCUT2D eigenvalue weighted by Crippen LogP contribution is 2.21. The van der Waals surface area contributed by atoms with E-state index in [1.54, 1.807) is 19.1 Å². The molecular formula is C19H27NO5. The molecule has 1 aliphatic rings. The third-order valence-corrected chi connectivity index (χ3v) is 4.49. The summed E-state index contributed by atoms with van der Waals surface area (Å²) >= 11 is 0. The topological polar surface area (TPSA) is 65.1 Å². The molecule has 1 unspecified atom stereocenters. The number of rotatable bonds is 8. The van der Waals surface area contributed by atoms with Gasteiger partial charge in [0.2, 0.25) is 0 Å². The third kappa shape index (κ3) is 6.14. The minimum Gasteiger partial charge on any atom is -0.445 e. The third-order valence-electron chi connectivity index (χ3n) is 4.49. The van der Waals surface area contributed by atoms with E-state index in [4.69, 9.17) is 14.2 Å². The van der Waals surface area contributed by atoms with E-state index in [1.165, 1.54) is 0 Å². The second-order valence-corrected chi connectivity index (χ2v) is 6.23. The van der Waals surface area contributed by atoms with Crippen molar-refractivity contribution in [3.05, 3.63) is 35.9 Å². The van der Waals surface area contributed by atoms with Gasteiger partial charge in [-0.3, -0.25) is 4.79 Å². The van der Waals surface area contributed by atoms with Gasteiger partial charge in [-0.1, -0.05) is 30.3 Å². The van der Waals surface area contributed by atoms with Crippen molar-refractivity contribution in [1.82, 2.24) is 4.90 Å². The number of Topliss-reactive ketones (excluding diaryl/α,β-unsaturated/α-hetero) is 1. The average Bonchev–Trinajstić information content (AvgIpc) is 2.67. The molecule has 0 aromatic heterocycles. The van der Waals surface area contributed by atoms with E-state index in [9.17, 15) is 9.59 Å². The normalized spacial score (nSPS) is 17.6. The van der Waals surface area contributed by atoms with Gasteiger partial charge in [0, 0.05) is 46.1 Å². The van der Waals surface area contributed by atoms with E-state index in [0.717, 1.165) is 18.4 Å². The largest absolute Gasteiger partial charge is 0.445 e. The zero-order chi connectivity index (χ0) is 18.1. The van der Waals surface area contributed by atoms with Crippen LogP contribution in [0.15, 0.2) is 30.3 Å². The molecule has 1 aromatic rings. The fourth-order valence-electron chi connectivity index (χ4n) is 3.01. The highest BCUT2D eigenvalue weighted by Gasteiger charge is 2.29. The smallest absolute Gasteiger partial charge is 0.410 e. The van der Waals surface area contributed by atoms with Gasteiger partial charge in [0.15, 0.2) is 6.29 Å². The van der Waals surface area contributed by atoms with Gasteiger partial charge in [0.1, 0.15) is 12.4 Å². The van der Waals surface area contributed by atoms with Crippen LogP contribution in [0, 0.1) is 5.92 Å². The Kier molecular flexibility index (Phi) is 7.88. The molecule has 0 spiro atoms. The van der Waals surface area contributed by atoms with Crippen molar-refractivity contribution in [3.8, 4) is 0 Å². The van der Waals surface area contributed by atoms with Crippen molar-refractivity contribution in [2.45, 2.75) is 38.6 Å². The number of likely N-dealkylation sites (tertiary alicyclic amines) is 1. The molecular weight excluding hydrogens is 322 g/mol. The molecule has 6 nitrogen and oxygen atoms in total. The molecule has 0 bridgehead atoms. The first-order chi connectivity index (χ1) is 12.1. The fraction of sp³-hybridized carbons (Fsp3) is 0.579. The monoisotopic (exact) mass is 349 g/mol. The number of amides is 1. The summed E-state index contributed by atoms with van der Waals surface area (Å²) in [6, 6.07) is 9.57. The Morgan fingerprint density at radius 2 is 1.92 bits per heavy atom. The van der Waals surface area contributed by atoms with E-state index in [0.29, 0.717) is 25.9 Å². The summed E-state index contributed by atoms with van der Waals surface area (Å²) in [4.78, 5) is 26.3. The van der Waals surface area contributed by atoms with Crippen LogP contribution < -0.4 is 0 Å². The number of nitrogens with zero attached hydrogens (tertiary/aromatic N) is 1. The predicted octanol–water partition coefficient (Wildman–Crippen LogP) is 3.00. The van der Waals surface area contributed by atoms with Crippen molar-refractivity contribution >= 4 is 11.9 Å². The van der Waals surface area contributed by atoms with Gasteiger partial charge in [0.05, 0.1) is 0 Å². The molecule has 1 heterocycles. The second kappa shape index (κ2) is 10.2. The van der Waals surface area contributed by atoms with Gasteiger partial charge < -0.3 is 19.1 Å². The zero-order valence-electron chi connectivity index (χ0n) is 15.0. The Morgan fingerprint density at radius 3 is 2.60 bits per heavy atom. The SMILES string of the molecule is COC(CCC(=O)C1CCCN(C(=O)OCc2ccccc2)C1)OC. The number of carbonyl (C=O) groups is 2. The van der Waals surface area contributed by atoms with E-state index < -0.39 is 0 Å². The highest BCUT2D eigenvalue weighted by molar-refractivity contribution is 5.82. The zero-order valence-corrected chi connectivity index (χ0v) is 15.0. The van der Waals surface area contributed by atoms with E-state index in [2.05, 4.69) is 0 Å². The lowest BCUT2D eigenvalue weighted by atomic mass is 9.91. The molecule has 138 valence electrons.